The van der Waals surface area contributed by atoms with E-state index < -0.39 is 0 Å². The van der Waals surface area contributed by atoms with Gasteiger partial charge in [0, 0.05) is 12.3 Å². The highest BCUT2D eigenvalue weighted by atomic mass is 32.2. The lowest BCUT2D eigenvalue weighted by atomic mass is 9.99. The van der Waals surface area contributed by atoms with E-state index in [0.29, 0.717) is 13.2 Å². The van der Waals surface area contributed by atoms with Gasteiger partial charge >= 0.3 is 0 Å². The van der Waals surface area contributed by atoms with Gasteiger partial charge in [-0.2, -0.15) is 11.8 Å². The monoisotopic (exact) mass is 237 g/mol. The molecule has 2 N–H and O–H groups in total. The topological polar surface area (TPSA) is 35.2 Å². The first-order valence-electron chi connectivity index (χ1n) is 5.80. The van der Waals surface area contributed by atoms with Gasteiger partial charge in [0.1, 0.15) is 0 Å². The molecular weight excluding hydrogens is 218 g/mol. The smallest absolute Gasteiger partial charge is 0.0898 e. The maximum absolute atomic E-state index is 6.06. The Hall–Kier alpha value is -0.510. The highest BCUT2D eigenvalue weighted by Gasteiger charge is 2.31. The Labute approximate surface area is 102 Å². The van der Waals surface area contributed by atoms with Gasteiger partial charge in [0.2, 0.25) is 0 Å². The minimum Gasteiger partial charge on any atom is -0.368 e. The summed E-state index contributed by atoms with van der Waals surface area (Å²) in [6.45, 7) is 1.31. The van der Waals surface area contributed by atoms with Crippen molar-refractivity contribution < 1.29 is 4.74 Å². The van der Waals surface area contributed by atoms with Gasteiger partial charge in [-0.25, -0.2) is 0 Å². The summed E-state index contributed by atoms with van der Waals surface area (Å²) in [6.07, 6.45) is 2.32. The average molecular weight is 237 g/mol. The Balaban J connectivity index is 1.92. The van der Waals surface area contributed by atoms with E-state index in [1.165, 1.54) is 17.7 Å². The fraction of sp³-hybridized carbons (Fsp3) is 0.538. The summed E-state index contributed by atoms with van der Waals surface area (Å²) in [5, 5.41) is 0. The summed E-state index contributed by atoms with van der Waals surface area (Å²) >= 11 is 1.96. The van der Waals surface area contributed by atoms with Gasteiger partial charge in [-0.15, -0.1) is 0 Å². The molecule has 0 radical (unpaired) electrons. The van der Waals surface area contributed by atoms with Crippen LogP contribution in [0.15, 0.2) is 30.3 Å². The molecule has 0 saturated carbocycles. The molecule has 1 saturated heterocycles. The first-order chi connectivity index (χ1) is 7.85. The molecule has 0 spiro atoms. The zero-order valence-electron chi connectivity index (χ0n) is 9.52. The third-order valence-electron chi connectivity index (χ3n) is 3.05. The molecule has 0 bridgehead atoms. The normalized spacial score (nSPS) is 25.6. The van der Waals surface area contributed by atoms with Crippen molar-refractivity contribution in [1.82, 2.24) is 0 Å². The van der Waals surface area contributed by atoms with E-state index in [0.717, 1.165) is 12.2 Å². The highest BCUT2D eigenvalue weighted by Crippen LogP contribution is 2.30. The largest absolute Gasteiger partial charge is 0.368 e. The summed E-state index contributed by atoms with van der Waals surface area (Å²) in [7, 11) is 0. The van der Waals surface area contributed by atoms with Crippen LogP contribution in [0.3, 0.4) is 0 Å². The van der Waals surface area contributed by atoms with Crippen LogP contribution in [0.5, 0.6) is 0 Å². The molecule has 2 nitrogen and oxygen atoms in total. The molecule has 1 heterocycles. The van der Waals surface area contributed by atoms with Crippen LogP contribution in [0.4, 0.5) is 0 Å². The quantitative estimate of drug-likeness (QED) is 0.873. The molecule has 1 aromatic rings. The molecule has 1 unspecified atom stereocenters. The molecule has 1 aliphatic rings. The molecule has 3 heteroatoms. The third kappa shape index (κ3) is 3.00. The number of rotatable bonds is 4. The predicted molar refractivity (Wildman–Crippen MR) is 69.6 cm³/mol. The van der Waals surface area contributed by atoms with Crippen molar-refractivity contribution in [3.05, 3.63) is 35.9 Å². The number of hydrogen-bond acceptors (Lipinski definition) is 3. The lowest BCUT2D eigenvalue weighted by molar-refractivity contribution is -0.0403. The second-order valence-electron chi connectivity index (χ2n) is 4.32. The van der Waals surface area contributed by atoms with E-state index >= 15 is 0 Å². The van der Waals surface area contributed by atoms with Crippen LogP contribution >= 0.6 is 11.8 Å². The van der Waals surface area contributed by atoms with Crippen molar-refractivity contribution in [2.24, 2.45) is 5.73 Å². The van der Waals surface area contributed by atoms with Crippen molar-refractivity contribution in [2.75, 3.05) is 18.1 Å². The molecule has 0 aromatic heterocycles. The molecule has 1 aromatic carbocycles. The van der Waals surface area contributed by atoms with Crippen LogP contribution < -0.4 is 5.73 Å². The molecule has 88 valence electrons. The number of benzene rings is 1. The lowest BCUT2D eigenvalue weighted by Gasteiger charge is -2.35. The van der Waals surface area contributed by atoms with E-state index in [9.17, 15) is 0 Å². The van der Waals surface area contributed by atoms with Crippen molar-refractivity contribution in [2.45, 2.75) is 25.0 Å². The first kappa shape index (κ1) is 12.0. The van der Waals surface area contributed by atoms with E-state index in [1.807, 2.05) is 30.0 Å². The van der Waals surface area contributed by atoms with Gasteiger partial charge in [-0.3, -0.25) is 0 Å². The summed E-state index contributed by atoms with van der Waals surface area (Å²) in [5.74, 6) is 2.28. The SMILES string of the molecule is NCC1(OCc2ccccc2)CCCSC1. The maximum atomic E-state index is 6.06. The number of ether oxygens (including phenoxy) is 1. The Morgan fingerprint density at radius 1 is 1.31 bits per heavy atom. The average Bonchev–Trinajstić information content (AvgIpc) is 2.39. The number of thioether (sulfide) groups is 1. The Morgan fingerprint density at radius 3 is 2.75 bits per heavy atom. The van der Waals surface area contributed by atoms with E-state index in [4.69, 9.17) is 10.5 Å². The first-order valence-corrected chi connectivity index (χ1v) is 6.96. The van der Waals surface area contributed by atoms with Crippen LogP contribution in [-0.2, 0) is 11.3 Å². The van der Waals surface area contributed by atoms with E-state index in [-0.39, 0.29) is 5.60 Å². The van der Waals surface area contributed by atoms with Gasteiger partial charge in [0.25, 0.3) is 0 Å². The standard InChI is InChI=1S/C13H19NOS/c14-10-13(7-4-8-16-11-13)15-9-12-5-2-1-3-6-12/h1-3,5-6H,4,7-11,14H2. The zero-order valence-corrected chi connectivity index (χ0v) is 10.3. The summed E-state index contributed by atoms with van der Waals surface area (Å²) < 4.78 is 6.06. The van der Waals surface area contributed by atoms with E-state index in [2.05, 4.69) is 12.1 Å². The Morgan fingerprint density at radius 2 is 2.12 bits per heavy atom. The maximum Gasteiger partial charge on any atom is 0.0898 e. The van der Waals surface area contributed by atoms with Crippen LogP contribution in [0, 0.1) is 0 Å². The lowest BCUT2D eigenvalue weighted by Crippen LogP contribution is -2.45. The predicted octanol–water partition coefficient (Wildman–Crippen LogP) is 2.43. The highest BCUT2D eigenvalue weighted by molar-refractivity contribution is 7.99. The molecule has 0 amide bonds. The number of nitrogens with two attached hydrogens (primary N) is 1. The Kier molecular flexibility index (Phi) is 4.27. The zero-order chi connectivity index (χ0) is 11.3. The summed E-state index contributed by atoms with van der Waals surface area (Å²) in [4.78, 5) is 0. The van der Waals surface area contributed by atoms with Crippen molar-refractivity contribution in [3.8, 4) is 0 Å². The second kappa shape index (κ2) is 5.71. The minimum absolute atomic E-state index is 0.0846. The fourth-order valence-corrected chi connectivity index (χ4v) is 3.18. The molecule has 1 atom stereocenters. The van der Waals surface area contributed by atoms with Crippen LogP contribution in [0.2, 0.25) is 0 Å². The molecule has 2 rings (SSSR count). The molecule has 0 aliphatic carbocycles. The number of hydrogen-bond donors (Lipinski definition) is 1. The van der Waals surface area contributed by atoms with Crippen LogP contribution in [0.25, 0.3) is 0 Å². The van der Waals surface area contributed by atoms with E-state index in [1.54, 1.807) is 0 Å². The second-order valence-corrected chi connectivity index (χ2v) is 5.42. The van der Waals surface area contributed by atoms with Crippen molar-refractivity contribution in [1.29, 1.82) is 0 Å². The van der Waals surface area contributed by atoms with Gasteiger partial charge < -0.3 is 10.5 Å². The molecular formula is C13H19NOS. The van der Waals surface area contributed by atoms with Crippen molar-refractivity contribution in [3.63, 3.8) is 0 Å². The molecule has 1 fully saturated rings. The van der Waals surface area contributed by atoms with Crippen molar-refractivity contribution >= 4 is 11.8 Å². The summed E-state index contributed by atoms with van der Waals surface area (Å²) in [5.41, 5.74) is 7.01. The minimum atomic E-state index is -0.0846. The third-order valence-corrected chi connectivity index (χ3v) is 4.35. The van der Waals surface area contributed by atoms with Gasteiger partial charge in [-0.1, -0.05) is 30.3 Å². The van der Waals surface area contributed by atoms with Gasteiger partial charge in [0.05, 0.1) is 12.2 Å². The fourth-order valence-electron chi connectivity index (χ4n) is 1.97. The molecule has 1 aliphatic heterocycles. The van der Waals surface area contributed by atoms with Gasteiger partial charge in [-0.05, 0) is 24.2 Å². The van der Waals surface area contributed by atoms with Crippen LogP contribution in [0.1, 0.15) is 18.4 Å². The van der Waals surface area contributed by atoms with Crippen LogP contribution in [-0.4, -0.2) is 23.7 Å². The molecule has 16 heavy (non-hydrogen) atoms. The van der Waals surface area contributed by atoms with Gasteiger partial charge in [0.15, 0.2) is 0 Å². The summed E-state index contributed by atoms with van der Waals surface area (Å²) in [6, 6.07) is 10.3. The Bertz CT molecular complexity index is 309.